The van der Waals surface area contributed by atoms with Gasteiger partial charge < -0.3 is 13.9 Å². The third kappa shape index (κ3) is 2.54. The summed E-state index contributed by atoms with van der Waals surface area (Å²) in [5.74, 6) is 2.99. The fraction of sp³-hybridized carbons (Fsp3) is 0.500. The van der Waals surface area contributed by atoms with Gasteiger partial charge in [-0.15, -0.1) is 10.2 Å². The Morgan fingerprint density at radius 3 is 2.86 bits per heavy atom. The molecule has 1 fully saturated rings. The molecule has 0 radical (unpaired) electrons. The monoisotopic (exact) mass is 301 g/mol. The smallest absolute Gasteiger partial charge is 0.230 e. The first-order valence-corrected chi connectivity index (χ1v) is 7.72. The molecule has 0 saturated carbocycles. The molecule has 0 amide bonds. The third-order valence-electron chi connectivity index (χ3n) is 4.22. The second-order valence-electron chi connectivity index (χ2n) is 5.75. The predicted octanol–water partition coefficient (Wildman–Crippen LogP) is 2.49. The van der Waals surface area contributed by atoms with Gasteiger partial charge in [-0.1, -0.05) is 6.07 Å². The minimum absolute atomic E-state index is 0.364. The fourth-order valence-electron chi connectivity index (χ4n) is 3.24. The van der Waals surface area contributed by atoms with Gasteiger partial charge in [0, 0.05) is 13.0 Å². The van der Waals surface area contributed by atoms with Crippen molar-refractivity contribution >= 4 is 0 Å². The maximum atomic E-state index is 5.70. The molecule has 1 aromatic heterocycles. The van der Waals surface area contributed by atoms with Gasteiger partial charge >= 0.3 is 0 Å². The van der Waals surface area contributed by atoms with E-state index in [9.17, 15) is 0 Å². The molecule has 1 saturated heterocycles. The van der Waals surface area contributed by atoms with Gasteiger partial charge in [-0.25, -0.2) is 0 Å². The molecule has 2 aromatic rings. The molecule has 3 heterocycles. The van der Waals surface area contributed by atoms with Crippen LogP contribution in [-0.4, -0.2) is 34.9 Å². The molecular weight excluding hydrogens is 282 g/mol. The molecule has 1 atom stereocenters. The van der Waals surface area contributed by atoms with Crippen molar-refractivity contribution in [2.75, 3.05) is 19.8 Å². The van der Waals surface area contributed by atoms with E-state index in [-0.39, 0.29) is 0 Å². The van der Waals surface area contributed by atoms with Crippen LogP contribution in [0.3, 0.4) is 0 Å². The number of fused-ring (bicyclic) bond motifs is 1. The van der Waals surface area contributed by atoms with Crippen LogP contribution in [0.4, 0.5) is 0 Å². The summed E-state index contributed by atoms with van der Waals surface area (Å²) in [6.45, 7) is 4.80. The summed E-state index contributed by atoms with van der Waals surface area (Å²) in [7, 11) is 0. The normalized spacial score (nSPS) is 21.2. The topological polar surface area (TPSA) is 60.6 Å². The van der Waals surface area contributed by atoms with Gasteiger partial charge in [0.2, 0.25) is 11.8 Å². The summed E-state index contributed by atoms with van der Waals surface area (Å²) in [4.78, 5) is 2.39. The first-order chi connectivity index (χ1) is 10.8. The maximum Gasteiger partial charge on any atom is 0.230 e. The van der Waals surface area contributed by atoms with Crippen LogP contribution in [0.1, 0.15) is 36.2 Å². The number of nitrogens with zero attached hydrogens (tertiary/aromatic N) is 3. The van der Waals surface area contributed by atoms with Crippen molar-refractivity contribution in [2.45, 2.75) is 32.4 Å². The summed E-state index contributed by atoms with van der Waals surface area (Å²) in [6, 6.07) is 6.62. The van der Waals surface area contributed by atoms with E-state index >= 15 is 0 Å². The Morgan fingerprint density at radius 1 is 1.18 bits per heavy atom. The van der Waals surface area contributed by atoms with Crippen molar-refractivity contribution in [2.24, 2.45) is 0 Å². The highest BCUT2D eigenvalue weighted by molar-refractivity contribution is 5.44. The highest BCUT2D eigenvalue weighted by atomic mass is 16.6. The highest BCUT2D eigenvalue weighted by Crippen LogP contribution is 2.38. The molecular formula is C16H19N3O3. The Morgan fingerprint density at radius 2 is 2.05 bits per heavy atom. The van der Waals surface area contributed by atoms with Gasteiger partial charge in [-0.05, 0) is 37.1 Å². The van der Waals surface area contributed by atoms with Crippen molar-refractivity contribution in [1.29, 1.82) is 0 Å². The van der Waals surface area contributed by atoms with E-state index in [4.69, 9.17) is 13.9 Å². The zero-order valence-electron chi connectivity index (χ0n) is 12.6. The quantitative estimate of drug-likeness (QED) is 0.868. The molecule has 4 rings (SSSR count). The molecule has 0 N–H and O–H groups in total. The zero-order chi connectivity index (χ0) is 14.9. The minimum Gasteiger partial charge on any atom is -0.486 e. The van der Waals surface area contributed by atoms with Crippen LogP contribution in [0.2, 0.25) is 0 Å². The molecule has 0 bridgehead atoms. The number of aromatic nitrogens is 2. The molecule has 6 nitrogen and oxygen atoms in total. The molecule has 6 heteroatoms. The Labute approximate surface area is 129 Å². The van der Waals surface area contributed by atoms with Gasteiger partial charge in [-0.3, -0.25) is 4.90 Å². The lowest BCUT2D eigenvalue weighted by Gasteiger charge is -2.25. The second kappa shape index (κ2) is 5.61. The second-order valence-corrected chi connectivity index (χ2v) is 5.75. The van der Waals surface area contributed by atoms with Crippen LogP contribution in [0.25, 0.3) is 0 Å². The molecule has 22 heavy (non-hydrogen) atoms. The lowest BCUT2D eigenvalue weighted by Crippen LogP contribution is -2.23. The van der Waals surface area contributed by atoms with Crippen LogP contribution in [0, 0.1) is 6.92 Å². The van der Waals surface area contributed by atoms with E-state index in [0.717, 1.165) is 24.5 Å². The van der Waals surface area contributed by atoms with E-state index in [1.165, 1.54) is 12.0 Å². The summed E-state index contributed by atoms with van der Waals surface area (Å²) in [5, 5.41) is 8.01. The van der Waals surface area contributed by atoms with Crippen LogP contribution in [-0.2, 0) is 6.54 Å². The average molecular weight is 301 g/mol. The van der Waals surface area contributed by atoms with E-state index < -0.39 is 0 Å². The van der Waals surface area contributed by atoms with Gasteiger partial charge in [0.1, 0.15) is 13.2 Å². The first kappa shape index (κ1) is 13.6. The SMILES string of the molecule is Cc1nnc(CN2CCC[C@H]2c2ccc3c(c2)OCCO3)o1. The predicted molar refractivity (Wildman–Crippen MR) is 78.9 cm³/mol. The molecule has 1 aromatic carbocycles. The summed E-state index contributed by atoms with van der Waals surface area (Å²) >= 11 is 0. The number of hydrogen-bond donors (Lipinski definition) is 0. The van der Waals surface area contributed by atoms with E-state index in [2.05, 4.69) is 27.2 Å². The van der Waals surface area contributed by atoms with Gasteiger partial charge in [0.15, 0.2) is 11.5 Å². The number of ether oxygens (including phenoxy) is 2. The standard InChI is InChI=1S/C16H19N3O3/c1-11-17-18-16(22-11)10-19-6-2-3-13(19)12-4-5-14-15(9-12)21-8-7-20-14/h4-5,9,13H,2-3,6-8,10H2,1H3/t13-/m0/s1. The van der Waals surface area contributed by atoms with Crippen molar-refractivity contribution in [1.82, 2.24) is 15.1 Å². The van der Waals surface area contributed by atoms with Gasteiger partial charge in [0.25, 0.3) is 0 Å². The third-order valence-corrected chi connectivity index (χ3v) is 4.22. The minimum atomic E-state index is 0.364. The van der Waals surface area contributed by atoms with Gasteiger partial charge in [-0.2, -0.15) is 0 Å². The molecule has 2 aliphatic heterocycles. The summed E-state index contributed by atoms with van der Waals surface area (Å²) in [6.07, 6.45) is 2.30. The van der Waals surface area contributed by atoms with Crippen LogP contribution >= 0.6 is 0 Å². The van der Waals surface area contributed by atoms with Crippen molar-refractivity contribution in [3.05, 3.63) is 35.5 Å². The van der Waals surface area contributed by atoms with Crippen LogP contribution in [0.15, 0.2) is 22.6 Å². The van der Waals surface area contributed by atoms with E-state index in [1.807, 2.05) is 13.0 Å². The van der Waals surface area contributed by atoms with Crippen molar-refractivity contribution in [3.8, 4) is 11.5 Å². The molecule has 0 unspecified atom stereocenters. The fourth-order valence-corrected chi connectivity index (χ4v) is 3.24. The number of aryl methyl sites for hydroxylation is 1. The Kier molecular flexibility index (Phi) is 3.46. The van der Waals surface area contributed by atoms with E-state index in [0.29, 0.717) is 37.6 Å². The lowest BCUT2D eigenvalue weighted by atomic mass is 10.0. The maximum absolute atomic E-state index is 5.70. The van der Waals surface area contributed by atoms with Crippen molar-refractivity contribution < 1.29 is 13.9 Å². The molecule has 0 spiro atoms. The summed E-state index contributed by atoms with van der Waals surface area (Å²) in [5.41, 5.74) is 1.26. The van der Waals surface area contributed by atoms with Crippen LogP contribution < -0.4 is 9.47 Å². The Balaban J connectivity index is 1.55. The van der Waals surface area contributed by atoms with Crippen LogP contribution in [0.5, 0.6) is 11.5 Å². The molecule has 116 valence electrons. The highest BCUT2D eigenvalue weighted by Gasteiger charge is 2.28. The average Bonchev–Trinajstić information content (AvgIpc) is 3.16. The number of benzene rings is 1. The van der Waals surface area contributed by atoms with Crippen molar-refractivity contribution in [3.63, 3.8) is 0 Å². The number of likely N-dealkylation sites (tertiary alicyclic amines) is 1. The number of hydrogen-bond acceptors (Lipinski definition) is 6. The zero-order valence-corrected chi connectivity index (χ0v) is 12.6. The lowest BCUT2D eigenvalue weighted by molar-refractivity contribution is 0.170. The first-order valence-electron chi connectivity index (χ1n) is 7.72. The van der Waals surface area contributed by atoms with E-state index in [1.54, 1.807) is 0 Å². The Hall–Kier alpha value is -2.08. The summed E-state index contributed by atoms with van der Waals surface area (Å²) < 4.78 is 16.8. The largest absolute Gasteiger partial charge is 0.486 e. The molecule has 2 aliphatic rings. The molecule has 0 aliphatic carbocycles. The Bertz CT molecular complexity index is 670. The van der Waals surface area contributed by atoms with Gasteiger partial charge in [0.05, 0.1) is 6.54 Å². The number of rotatable bonds is 3.